The standard InChI is InChI=1S/C22H24ClNO4.Zn/c1-4-27-21-18(15(3)25)10-19(23)14(2)20(21)17-11-24(12-17)22(26)28-13-16-8-6-5-7-9-16;/h5-10,17H,4,11-13H2,1-3H3;. The van der Waals surface area contributed by atoms with Crippen LogP contribution in [0.2, 0.25) is 5.02 Å². The quantitative estimate of drug-likeness (QED) is 0.444. The van der Waals surface area contributed by atoms with Crippen LogP contribution in [0.5, 0.6) is 5.75 Å². The van der Waals surface area contributed by atoms with Gasteiger partial charge in [-0.2, -0.15) is 0 Å². The van der Waals surface area contributed by atoms with Gasteiger partial charge in [-0.15, -0.1) is 0 Å². The van der Waals surface area contributed by atoms with E-state index >= 15 is 0 Å². The molecule has 1 heterocycles. The molecule has 0 radical (unpaired) electrons. The maximum absolute atomic E-state index is 12.3. The van der Waals surface area contributed by atoms with Gasteiger partial charge < -0.3 is 14.4 Å². The molecule has 2 aromatic rings. The fourth-order valence-electron chi connectivity index (χ4n) is 3.42. The third kappa shape index (κ3) is 5.18. The number of carbonyl (C=O) groups excluding carboxylic acids is 2. The molecular weight excluding hydrogens is 443 g/mol. The van der Waals surface area contributed by atoms with Crippen LogP contribution < -0.4 is 4.74 Å². The SMILES string of the molecule is CCOc1c(C(C)=O)cc(Cl)c(C)c1C1CN(C(=O)OCc2ccccc2)C1.[Zn]. The zero-order chi connectivity index (χ0) is 20.3. The number of likely N-dealkylation sites (tertiary alicyclic amines) is 1. The number of amides is 1. The molecule has 1 aliphatic rings. The average molecular weight is 467 g/mol. The Bertz CT molecular complexity index is 882. The van der Waals surface area contributed by atoms with Gasteiger partial charge in [0, 0.05) is 49.1 Å². The Kier molecular flexibility index (Phi) is 8.24. The van der Waals surface area contributed by atoms with Gasteiger partial charge in [0.25, 0.3) is 0 Å². The van der Waals surface area contributed by atoms with E-state index in [1.54, 1.807) is 11.0 Å². The fraction of sp³-hybridized carbons (Fsp3) is 0.364. The van der Waals surface area contributed by atoms with Crippen LogP contribution >= 0.6 is 11.6 Å². The second-order valence-corrected chi connectivity index (χ2v) is 7.31. The molecule has 0 N–H and O–H groups in total. The Morgan fingerprint density at radius 3 is 2.45 bits per heavy atom. The van der Waals surface area contributed by atoms with Crippen molar-refractivity contribution in [2.24, 2.45) is 0 Å². The van der Waals surface area contributed by atoms with Crippen molar-refractivity contribution in [1.82, 2.24) is 4.90 Å². The van der Waals surface area contributed by atoms with E-state index in [1.165, 1.54) is 6.92 Å². The molecule has 0 aromatic heterocycles. The van der Waals surface area contributed by atoms with Gasteiger partial charge in [0.1, 0.15) is 12.4 Å². The first-order valence-electron chi connectivity index (χ1n) is 9.34. The van der Waals surface area contributed by atoms with Gasteiger partial charge in [-0.05, 0) is 38.0 Å². The van der Waals surface area contributed by atoms with E-state index in [0.717, 1.165) is 16.7 Å². The van der Waals surface area contributed by atoms with Gasteiger partial charge in [0.15, 0.2) is 5.78 Å². The zero-order valence-electron chi connectivity index (χ0n) is 17.0. The molecule has 3 rings (SSSR count). The largest absolute Gasteiger partial charge is 0.493 e. The predicted molar refractivity (Wildman–Crippen MR) is 108 cm³/mol. The maximum atomic E-state index is 12.3. The van der Waals surface area contributed by atoms with Crippen molar-refractivity contribution in [2.75, 3.05) is 19.7 Å². The Balaban J connectivity index is 0.00000300. The van der Waals surface area contributed by atoms with Gasteiger partial charge >= 0.3 is 6.09 Å². The van der Waals surface area contributed by atoms with E-state index < -0.39 is 0 Å². The topological polar surface area (TPSA) is 55.8 Å². The smallest absolute Gasteiger partial charge is 0.410 e. The molecule has 0 saturated carbocycles. The molecule has 0 bridgehead atoms. The third-order valence-corrected chi connectivity index (χ3v) is 5.34. The van der Waals surface area contributed by atoms with Gasteiger partial charge in [0.2, 0.25) is 0 Å². The Hall–Kier alpha value is -1.91. The molecule has 2 aromatic carbocycles. The summed E-state index contributed by atoms with van der Waals surface area (Å²) in [4.78, 5) is 26.0. The number of rotatable bonds is 6. The number of halogens is 1. The van der Waals surface area contributed by atoms with Crippen molar-refractivity contribution in [3.05, 3.63) is 63.7 Å². The number of benzene rings is 2. The summed E-state index contributed by atoms with van der Waals surface area (Å²) in [5.41, 5.74) is 3.23. The summed E-state index contributed by atoms with van der Waals surface area (Å²) >= 11 is 6.36. The van der Waals surface area contributed by atoms with Gasteiger partial charge in [-0.25, -0.2) is 4.79 Å². The van der Waals surface area contributed by atoms with Crippen LogP contribution in [0, 0.1) is 6.92 Å². The molecule has 0 spiro atoms. The van der Waals surface area contributed by atoms with E-state index in [4.69, 9.17) is 21.1 Å². The number of ketones is 1. The third-order valence-electron chi connectivity index (χ3n) is 4.94. The normalized spacial score (nSPS) is 13.3. The van der Waals surface area contributed by atoms with Gasteiger partial charge in [-0.3, -0.25) is 4.79 Å². The van der Waals surface area contributed by atoms with Crippen LogP contribution in [0.25, 0.3) is 0 Å². The molecule has 7 heteroatoms. The van der Waals surface area contributed by atoms with Gasteiger partial charge in [-0.1, -0.05) is 41.9 Å². The molecule has 0 unspecified atom stereocenters. The number of hydrogen-bond donors (Lipinski definition) is 0. The summed E-state index contributed by atoms with van der Waals surface area (Å²) in [7, 11) is 0. The second-order valence-electron chi connectivity index (χ2n) is 6.91. The number of ether oxygens (including phenoxy) is 2. The van der Waals surface area contributed by atoms with Crippen LogP contribution in [-0.2, 0) is 30.8 Å². The number of nitrogens with zero attached hydrogens (tertiary/aromatic N) is 1. The zero-order valence-corrected chi connectivity index (χ0v) is 20.8. The van der Waals surface area contributed by atoms with E-state index in [-0.39, 0.29) is 43.9 Å². The van der Waals surface area contributed by atoms with Crippen LogP contribution in [-0.4, -0.2) is 36.5 Å². The van der Waals surface area contributed by atoms with Crippen LogP contribution in [0.3, 0.4) is 0 Å². The maximum Gasteiger partial charge on any atom is 0.410 e. The molecule has 5 nitrogen and oxygen atoms in total. The molecule has 1 saturated heterocycles. The van der Waals surface area contributed by atoms with Crippen molar-refractivity contribution < 1.29 is 38.5 Å². The Labute approximate surface area is 189 Å². The average Bonchev–Trinajstić information content (AvgIpc) is 2.64. The van der Waals surface area contributed by atoms with Gasteiger partial charge in [0.05, 0.1) is 12.2 Å². The molecule has 1 amide bonds. The summed E-state index contributed by atoms with van der Waals surface area (Å²) in [6.07, 6.45) is -0.343. The first-order valence-corrected chi connectivity index (χ1v) is 9.72. The minimum Gasteiger partial charge on any atom is -0.493 e. The predicted octanol–water partition coefficient (Wildman–Crippen LogP) is 4.98. The summed E-state index contributed by atoms with van der Waals surface area (Å²) in [5.74, 6) is 0.548. The van der Waals surface area contributed by atoms with Crippen molar-refractivity contribution in [1.29, 1.82) is 0 Å². The van der Waals surface area contributed by atoms with Crippen molar-refractivity contribution in [3.63, 3.8) is 0 Å². The first-order chi connectivity index (χ1) is 13.4. The molecular formula is C22H24ClNO4Zn. The molecule has 1 fully saturated rings. The Morgan fingerprint density at radius 1 is 1.21 bits per heavy atom. The van der Waals surface area contributed by atoms with Crippen molar-refractivity contribution in [2.45, 2.75) is 33.3 Å². The molecule has 0 atom stereocenters. The van der Waals surface area contributed by atoms with Crippen LogP contribution in [0.15, 0.2) is 36.4 Å². The monoisotopic (exact) mass is 465 g/mol. The molecule has 1 aliphatic heterocycles. The summed E-state index contributed by atoms with van der Waals surface area (Å²) in [6, 6.07) is 11.2. The molecule has 150 valence electrons. The van der Waals surface area contributed by atoms with Crippen molar-refractivity contribution >= 4 is 23.5 Å². The molecule has 0 aliphatic carbocycles. The van der Waals surface area contributed by atoms with Crippen LogP contribution in [0.4, 0.5) is 4.79 Å². The minimum absolute atomic E-state index is 0. The summed E-state index contributed by atoms with van der Waals surface area (Å²) in [5, 5.41) is 0.536. The number of Topliss-reactive ketones (excluding diaryl/α,β-unsaturated/α-hetero) is 1. The van der Waals surface area contributed by atoms with Crippen molar-refractivity contribution in [3.8, 4) is 5.75 Å². The molecule has 29 heavy (non-hydrogen) atoms. The van der Waals surface area contributed by atoms with E-state index in [2.05, 4.69) is 0 Å². The number of hydrogen-bond acceptors (Lipinski definition) is 4. The number of carbonyl (C=O) groups is 2. The first kappa shape index (κ1) is 23.4. The summed E-state index contributed by atoms with van der Waals surface area (Å²) < 4.78 is 11.2. The Morgan fingerprint density at radius 2 is 1.86 bits per heavy atom. The fourth-order valence-corrected chi connectivity index (χ4v) is 3.63. The second kappa shape index (κ2) is 10.2. The van der Waals surface area contributed by atoms with E-state index in [9.17, 15) is 9.59 Å². The summed E-state index contributed by atoms with van der Waals surface area (Å²) in [6.45, 7) is 7.01. The van der Waals surface area contributed by atoms with E-state index in [0.29, 0.717) is 36.0 Å². The minimum atomic E-state index is -0.343. The van der Waals surface area contributed by atoms with E-state index in [1.807, 2.05) is 44.2 Å². The van der Waals surface area contributed by atoms with Crippen LogP contribution in [0.1, 0.15) is 46.8 Å².